The maximum atomic E-state index is 8.75. The van der Waals surface area contributed by atoms with Crippen LogP contribution in [0.25, 0.3) is 0 Å². The predicted octanol–water partition coefficient (Wildman–Crippen LogP) is 0.106. The molecule has 1 unspecified atom stereocenters. The molecule has 0 aliphatic heterocycles. The van der Waals surface area contributed by atoms with Gasteiger partial charge in [0.15, 0.2) is 0 Å². The topological polar surface area (TPSA) is 46.2 Å². The Balaban J connectivity index is 1.89. The summed E-state index contributed by atoms with van der Waals surface area (Å²) in [5.74, 6) is 0.609. The molecule has 2 aliphatic carbocycles. The van der Waals surface area contributed by atoms with Crippen molar-refractivity contribution in [1.29, 1.82) is 0 Å². The van der Waals surface area contributed by atoms with E-state index >= 15 is 0 Å². The Bertz CT molecular complexity index is 129. The quantitative estimate of drug-likeness (QED) is 0.525. The summed E-state index contributed by atoms with van der Waals surface area (Å²) < 4.78 is 0. The van der Waals surface area contributed by atoms with Crippen LogP contribution < -0.4 is 5.73 Å². The molecule has 0 aromatic carbocycles. The van der Waals surface area contributed by atoms with Gasteiger partial charge in [-0.25, -0.2) is 0 Å². The van der Waals surface area contributed by atoms with Crippen LogP contribution in [0.3, 0.4) is 0 Å². The fourth-order valence-electron chi connectivity index (χ4n) is 2.17. The van der Waals surface area contributed by atoms with Gasteiger partial charge in [0.1, 0.15) is 0 Å². The van der Waals surface area contributed by atoms with E-state index in [1.807, 2.05) is 0 Å². The van der Waals surface area contributed by atoms with Crippen molar-refractivity contribution in [3.05, 3.63) is 0 Å². The molecule has 3 N–H and O–H groups in total. The van der Waals surface area contributed by atoms with Crippen molar-refractivity contribution in [2.24, 2.45) is 17.1 Å². The monoisotopic (exact) mass is 127 g/mol. The number of hydrogen-bond acceptors (Lipinski definition) is 2. The molecule has 2 aliphatic rings. The molecule has 0 heterocycles. The molecule has 1 spiro atoms. The van der Waals surface area contributed by atoms with E-state index in [9.17, 15) is 0 Å². The Morgan fingerprint density at radius 1 is 1.44 bits per heavy atom. The second kappa shape index (κ2) is 1.50. The molecule has 0 aromatic heterocycles. The van der Waals surface area contributed by atoms with Crippen molar-refractivity contribution in [3.63, 3.8) is 0 Å². The molecule has 2 fully saturated rings. The van der Waals surface area contributed by atoms with Gasteiger partial charge in [-0.15, -0.1) is 0 Å². The minimum absolute atomic E-state index is 0.382. The summed E-state index contributed by atoms with van der Waals surface area (Å²) >= 11 is 0. The number of nitrogens with two attached hydrogens (primary N) is 1. The molecule has 9 heavy (non-hydrogen) atoms. The number of hydrogen-bond donors (Lipinski definition) is 2. The smallest absolute Gasteiger partial charge is 0.0464 e. The first-order valence-corrected chi connectivity index (χ1v) is 3.63. The molecule has 0 aromatic rings. The molecule has 2 rings (SSSR count). The molecule has 2 saturated carbocycles. The van der Waals surface area contributed by atoms with E-state index in [1.165, 1.54) is 6.42 Å². The molecule has 0 radical (unpaired) electrons. The van der Waals surface area contributed by atoms with Crippen LogP contribution in [0.1, 0.15) is 19.3 Å². The van der Waals surface area contributed by atoms with E-state index in [0.29, 0.717) is 24.0 Å². The fourth-order valence-corrected chi connectivity index (χ4v) is 2.17. The van der Waals surface area contributed by atoms with Crippen LogP contribution >= 0.6 is 0 Å². The average Bonchev–Trinajstić information content (AvgIpc) is 2.41. The van der Waals surface area contributed by atoms with Gasteiger partial charge in [0.05, 0.1) is 0 Å². The lowest BCUT2D eigenvalue weighted by Gasteiger charge is -2.33. The maximum Gasteiger partial charge on any atom is 0.0464 e. The summed E-state index contributed by atoms with van der Waals surface area (Å²) in [7, 11) is 0. The number of aliphatic hydroxyl groups excluding tert-OH is 1. The second-order valence-electron chi connectivity index (χ2n) is 3.61. The Hall–Kier alpha value is -0.0800. The van der Waals surface area contributed by atoms with E-state index in [1.54, 1.807) is 0 Å². The van der Waals surface area contributed by atoms with Gasteiger partial charge in [-0.2, -0.15) is 0 Å². The van der Waals surface area contributed by atoms with Gasteiger partial charge in [0.25, 0.3) is 0 Å². The highest BCUT2D eigenvalue weighted by atomic mass is 16.3. The van der Waals surface area contributed by atoms with Crippen LogP contribution in [0.15, 0.2) is 0 Å². The van der Waals surface area contributed by atoms with Gasteiger partial charge in [-0.1, -0.05) is 0 Å². The first kappa shape index (κ1) is 5.69. The van der Waals surface area contributed by atoms with E-state index < -0.39 is 0 Å². The van der Waals surface area contributed by atoms with Crippen LogP contribution in [0.5, 0.6) is 0 Å². The SMILES string of the molecule is NC1CC2(C1)CC2CO. The predicted molar refractivity (Wildman–Crippen MR) is 34.8 cm³/mol. The van der Waals surface area contributed by atoms with Crippen LogP contribution in [0, 0.1) is 11.3 Å². The maximum absolute atomic E-state index is 8.75. The first-order chi connectivity index (χ1) is 4.27. The molecular weight excluding hydrogens is 114 g/mol. The Morgan fingerprint density at radius 3 is 2.44 bits per heavy atom. The van der Waals surface area contributed by atoms with Crippen molar-refractivity contribution >= 4 is 0 Å². The third-order valence-corrected chi connectivity index (χ3v) is 2.92. The highest BCUT2D eigenvalue weighted by molar-refractivity contribution is 5.11. The summed E-state index contributed by atoms with van der Waals surface area (Å²) in [4.78, 5) is 0. The minimum Gasteiger partial charge on any atom is -0.396 e. The highest BCUT2D eigenvalue weighted by Gasteiger charge is 2.59. The molecule has 52 valence electrons. The lowest BCUT2D eigenvalue weighted by Crippen LogP contribution is -2.39. The highest BCUT2D eigenvalue weighted by Crippen LogP contribution is 2.64. The number of aliphatic hydroxyl groups is 1. The Labute approximate surface area is 55.1 Å². The second-order valence-corrected chi connectivity index (χ2v) is 3.61. The zero-order valence-corrected chi connectivity index (χ0v) is 5.51. The van der Waals surface area contributed by atoms with Gasteiger partial charge in [0.2, 0.25) is 0 Å². The van der Waals surface area contributed by atoms with Gasteiger partial charge in [0, 0.05) is 12.6 Å². The van der Waals surface area contributed by atoms with E-state index in [0.717, 1.165) is 12.8 Å². The molecule has 2 heteroatoms. The van der Waals surface area contributed by atoms with Crippen molar-refractivity contribution in [2.45, 2.75) is 25.3 Å². The van der Waals surface area contributed by atoms with Gasteiger partial charge >= 0.3 is 0 Å². The molecule has 0 amide bonds. The van der Waals surface area contributed by atoms with Crippen molar-refractivity contribution in [1.82, 2.24) is 0 Å². The molecule has 2 nitrogen and oxygen atoms in total. The minimum atomic E-state index is 0.382. The van der Waals surface area contributed by atoms with Gasteiger partial charge in [-0.3, -0.25) is 0 Å². The first-order valence-electron chi connectivity index (χ1n) is 3.63. The van der Waals surface area contributed by atoms with Gasteiger partial charge in [-0.05, 0) is 30.6 Å². The standard InChI is InChI=1S/C7H13NO/c8-6-2-7(3-6)1-5(7)4-9/h5-6,9H,1-4,8H2. The molecule has 0 saturated heterocycles. The zero-order valence-electron chi connectivity index (χ0n) is 5.51. The molecular formula is C7H13NO. The van der Waals surface area contributed by atoms with Gasteiger partial charge < -0.3 is 10.8 Å². The van der Waals surface area contributed by atoms with Crippen LogP contribution in [-0.4, -0.2) is 17.8 Å². The zero-order chi connectivity index (χ0) is 6.48. The summed E-state index contributed by atoms with van der Waals surface area (Å²) in [6.07, 6.45) is 3.56. The normalized spacial score (nSPS) is 55.3. The van der Waals surface area contributed by atoms with E-state index in [2.05, 4.69) is 0 Å². The van der Waals surface area contributed by atoms with Crippen molar-refractivity contribution in [3.8, 4) is 0 Å². The Kier molecular flexibility index (Phi) is 0.945. The summed E-state index contributed by atoms with van der Waals surface area (Å²) in [6, 6.07) is 0.446. The molecule has 0 bridgehead atoms. The fraction of sp³-hybridized carbons (Fsp3) is 1.00. The van der Waals surface area contributed by atoms with Crippen molar-refractivity contribution in [2.75, 3.05) is 6.61 Å². The average molecular weight is 127 g/mol. The van der Waals surface area contributed by atoms with Crippen molar-refractivity contribution < 1.29 is 5.11 Å². The Morgan fingerprint density at radius 2 is 2.11 bits per heavy atom. The number of rotatable bonds is 1. The third-order valence-electron chi connectivity index (χ3n) is 2.92. The largest absolute Gasteiger partial charge is 0.396 e. The van der Waals surface area contributed by atoms with Crippen LogP contribution in [0.2, 0.25) is 0 Å². The summed E-state index contributed by atoms with van der Waals surface area (Å²) in [5.41, 5.74) is 6.17. The lowest BCUT2D eigenvalue weighted by atomic mass is 9.76. The summed E-state index contributed by atoms with van der Waals surface area (Å²) in [5, 5.41) is 8.75. The summed E-state index contributed by atoms with van der Waals surface area (Å²) in [6.45, 7) is 0.382. The van der Waals surface area contributed by atoms with Crippen LogP contribution in [0.4, 0.5) is 0 Å². The van der Waals surface area contributed by atoms with E-state index in [-0.39, 0.29) is 0 Å². The third kappa shape index (κ3) is 0.634. The lowest BCUT2D eigenvalue weighted by molar-refractivity contribution is 0.173. The molecule has 1 atom stereocenters. The van der Waals surface area contributed by atoms with E-state index in [4.69, 9.17) is 10.8 Å². The van der Waals surface area contributed by atoms with Crippen LogP contribution in [-0.2, 0) is 0 Å².